The number of benzene rings is 2. The van der Waals surface area contributed by atoms with Crippen LogP contribution in [0, 0.1) is 0 Å². The van der Waals surface area contributed by atoms with Crippen LogP contribution in [0.5, 0.6) is 0 Å². The molecule has 0 aromatic heterocycles. The highest BCUT2D eigenvalue weighted by Gasteiger charge is 2.21. The van der Waals surface area contributed by atoms with Gasteiger partial charge in [0, 0.05) is 57.2 Å². The van der Waals surface area contributed by atoms with E-state index in [1.54, 1.807) is 0 Å². The van der Waals surface area contributed by atoms with Crippen LogP contribution >= 0.6 is 0 Å². The Labute approximate surface area is 167 Å². The fourth-order valence-corrected chi connectivity index (χ4v) is 4.08. The number of piperidine rings is 1. The normalized spacial score (nSPS) is 17.5. The van der Waals surface area contributed by atoms with Gasteiger partial charge in [-0.2, -0.15) is 0 Å². The molecule has 5 heteroatoms. The van der Waals surface area contributed by atoms with Gasteiger partial charge in [-0.15, -0.1) is 0 Å². The van der Waals surface area contributed by atoms with Crippen molar-refractivity contribution in [3.05, 3.63) is 60.2 Å². The molecule has 0 atom stereocenters. The number of carbonyl (C=O) groups is 1. The minimum Gasteiger partial charge on any atom is -0.372 e. The maximum Gasteiger partial charge on any atom is 0.317 e. The number of hydrogen-bond donors (Lipinski definition) is 1. The first kappa shape index (κ1) is 18.7. The minimum atomic E-state index is 0.0314. The molecule has 1 N–H and O–H groups in total. The maximum atomic E-state index is 12.4. The van der Waals surface area contributed by atoms with Gasteiger partial charge < -0.3 is 20.0 Å². The summed E-state index contributed by atoms with van der Waals surface area (Å²) in [5.74, 6) is 0. The summed E-state index contributed by atoms with van der Waals surface area (Å²) >= 11 is 0. The van der Waals surface area contributed by atoms with Crippen molar-refractivity contribution in [3.8, 4) is 0 Å². The molecule has 0 aliphatic carbocycles. The summed E-state index contributed by atoms with van der Waals surface area (Å²) in [7, 11) is 0. The predicted molar refractivity (Wildman–Crippen MR) is 115 cm³/mol. The Kier molecular flexibility index (Phi) is 6.00. The van der Waals surface area contributed by atoms with Gasteiger partial charge in [0.25, 0.3) is 0 Å². The number of anilines is 2. The number of nitrogens with zero attached hydrogens (tertiary/aromatic N) is 3. The molecule has 2 fully saturated rings. The third-order valence-corrected chi connectivity index (χ3v) is 5.79. The SMILES string of the molecule is O=C(NCc1ccccc1)N1CCN(c2ccc(N3CCCCC3)cc2)CC1. The second-order valence-corrected chi connectivity index (χ2v) is 7.68. The number of nitrogens with one attached hydrogen (secondary N) is 1. The number of hydrogen-bond acceptors (Lipinski definition) is 3. The van der Waals surface area contributed by atoms with E-state index in [2.05, 4.69) is 39.4 Å². The highest BCUT2D eigenvalue weighted by atomic mass is 16.2. The minimum absolute atomic E-state index is 0.0314. The fourth-order valence-electron chi connectivity index (χ4n) is 4.08. The number of amides is 2. The molecular weight excluding hydrogens is 348 g/mol. The van der Waals surface area contributed by atoms with Crippen molar-refractivity contribution in [3.63, 3.8) is 0 Å². The molecule has 28 heavy (non-hydrogen) atoms. The van der Waals surface area contributed by atoms with Crippen molar-refractivity contribution >= 4 is 17.4 Å². The van der Waals surface area contributed by atoms with E-state index in [4.69, 9.17) is 0 Å². The molecule has 4 rings (SSSR count). The highest BCUT2D eigenvalue weighted by Crippen LogP contribution is 2.24. The molecule has 2 aromatic rings. The summed E-state index contributed by atoms with van der Waals surface area (Å²) < 4.78 is 0. The molecule has 2 amide bonds. The van der Waals surface area contributed by atoms with E-state index in [1.165, 1.54) is 43.7 Å². The van der Waals surface area contributed by atoms with Crippen LogP contribution in [0.4, 0.5) is 16.2 Å². The van der Waals surface area contributed by atoms with Gasteiger partial charge in [0.15, 0.2) is 0 Å². The van der Waals surface area contributed by atoms with E-state index >= 15 is 0 Å². The van der Waals surface area contributed by atoms with Crippen molar-refractivity contribution in [1.82, 2.24) is 10.2 Å². The average Bonchev–Trinajstić information content (AvgIpc) is 2.79. The Morgan fingerprint density at radius 1 is 0.714 bits per heavy atom. The quantitative estimate of drug-likeness (QED) is 0.882. The van der Waals surface area contributed by atoms with Crippen LogP contribution in [0.3, 0.4) is 0 Å². The van der Waals surface area contributed by atoms with Crippen molar-refractivity contribution in [2.75, 3.05) is 49.1 Å². The van der Waals surface area contributed by atoms with Crippen LogP contribution in [-0.2, 0) is 6.54 Å². The summed E-state index contributed by atoms with van der Waals surface area (Å²) in [6.07, 6.45) is 3.96. The lowest BCUT2D eigenvalue weighted by molar-refractivity contribution is 0.194. The molecule has 0 saturated carbocycles. The second kappa shape index (κ2) is 9.00. The average molecular weight is 379 g/mol. The topological polar surface area (TPSA) is 38.8 Å². The van der Waals surface area contributed by atoms with Crippen LogP contribution in [0.25, 0.3) is 0 Å². The molecule has 0 unspecified atom stereocenters. The van der Waals surface area contributed by atoms with Crippen LogP contribution in [0.15, 0.2) is 54.6 Å². The third kappa shape index (κ3) is 4.58. The van der Waals surface area contributed by atoms with E-state index < -0.39 is 0 Å². The summed E-state index contributed by atoms with van der Waals surface area (Å²) in [6.45, 7) is 6.21. The van der Waals surface area contributed by atoms with E-state index in [-0.39, 0.29) is 6.03 Å². The van der Waals surface area contributed by atoms with Crippen LogP contribution in [0.2, 0.25) is 0 Å². The largest absolute Gasteiger partial charge is 0.372 e. The lowest BCUT2D eigenvalue weighted by Gasteiger charge is -2.36. The van der Waals surface area contributed by atoms with Gasteiger partial charge in [-0.3, -0.25) is 0 Å². The van der Waals surface area contributed by atoms with E-state index in [9.17, 15) is 4.79 Å². The first-order valence-corrected chi connectivity index (χ1v) is 10.5. The fraction of sp³-hybridized carbons (Fsp3) is 0.435. The number of urea groups is 1. The number of carbonyl (C=O) groups excluding carboxylic acids is 1. The summed E-state index contributed by atoms with van der Waals surface area (Å²) in [6, 6.07) is 19.0. The van der Waals surface area contributed by atoms with Crippen molar-refractivity contribution in [2.24, 2.45) is 0 Å². The summed E-state index contributed by atoms with van der Waals surface area (Å²) in [4.78, 5) is 19.2. The zero-order valence-corrected chi connectivity index (χ0v) is 16.5. The Morgan fingerprint density at radius 2 is 1.29 bits per heavy atom. The van der Waals surface area contributed by atoms with Crippen molar-refractivity contribution in [2.45, 2.75) is 25.8 Å². The molecule has 2 heterocycles. The molecule has 2 aliphatic rings. The van der Waals surface area contributed by atoms with Gasteiger partial charge in [0.05, 0.1) is 0 Å². The van der Waals surface area contributed by atoms with Gasteiger partial charge >= 0.3 is 6.03 Å². The molecule has 0 spiro atoms. The van der Waals surface area contributed by atoms with E-state index in [0.29, 0.717) is 6.54 Å². The van der Waals surface area contributed by atoms with E-state index in [1.807, 2.05) is 35.2 Å². The van der Waals surface area contributed by atoms with Gasteiger partial charge in [0.1, 0.15) is 0 Å². The van der Waals surface area contributed by atoms with Crippen LogP contribution in [-0.4, -0.2) is 50.2 Å². The van der Waals surface area contributed by atoms with Crippen molar-refractivity contribution < 1.29 is 4.79 Å². The Balaban J connectivity index is 1.26. The molecule has 148 valence electrons. The summed E-state index contributed by atoms with van der Waals surface area (Å²) in [5.41, 5.74) is 3.72. The molecule has 2 aliphatic heterocycles. The lowest BCUT2D eigenvalue weighted by atomic mass is 10.1. The standard InChI is InChI=1S/C23H30N4O/c28-23(24-19-20-7-3-1-4-8-20)27-17-15-26(16-18-27)22-11-9-21(10-12-22)25-13-5-2-6-14-25/h1,3-4,7-12H,2,5-6,13-19H2,(H,24,28). The smallest absolute Gasteiger partial charge is 0.317 e. The van der Waals surface area contributed by atoms with Gasteiger partial charge in [-0.1, -0.05) is 30.3 Å². The first-order chi connectivity index (χ1) is 13.8. The van der Waals surface area contributed by atoms with E-state index in [0.717, 1.165) is 31.7 Å². The van der Waals surface area contributed by atoms with Crippen LogP contribution < -0.4 is 15.1 Å². The molecular formula is C23H30N4O. The molecule has 2 aromatic carbocycles. The molecule has 0 bridgehead atoms. The second-order valence-electron chi connectivity index (χ2n) is 7.68. The predicted octanol–water partition coefficient (Wildman–Crippen LogP) is 3.71. The molecule has 0 radical (unpaired) electrons. The first-order valence-electron chi connectivity index (χ1n) is 10.5. The monoisotopic (exact) mass is 378 g/mol. The van der Waals surface area contributed by atoms with Crippen LogP contribution in [0.1, 0.15) is 24.8 Å². The third-order valence-electron chi connectivity index (χ3n) is 5.79. The van der Waals surface area contributed by atoms with Gasteiger partial charge in [-0.25, -0.2) is 4.79 Å². The molecule has 2 saturated heterocycles. The summed E-state index contributed by atoms with van der Waals surface area (Å²) in [5, 5.41) is 3.03. The Bertz CT molecular complexity index is 748. The maximum absolute atomic E-state index is 12.4. The zero-order valence-electron chi connectivity index (χ0n) is 16.5. The number of piperazine rings is 1. The molecule has 5 nitrogen and oxygen atoms in total. The van der Waals surface area contributed by atoms with Gasteiger partial charge in [-0.05, 0) is 49.1 Å². The number of rotatable bonds is 4. The zero-order chi connectivity index (χ0) is 19.2. The Morgan fingerprint density at radius 3 is 1.89 bits per heavy atom. The lowest BCUT2D eigenvalue weighted by Crippen LogP contribution is -2.51. The highest BCUT2D eigenvalue weighted by molar-refractivity contribution is 5.74. The van der Waals surface area contributed by atoms with Gasteiger partial charge in [0.2, 0.25) is 0 Å². The van der Waals surface area contributed by atoms with Crippen molar-refractivity contribution in [1.29, 1.82) is 0 Å². The Hall–Kier alpha value is -2.69.